The van der Waals surface area contributed by atoms with E-state index in [4.69, 9.17) is 10.9 Å². The van der Waals surface area contributed by atoms with Gasteiger partial charge >= 0.3 is 0 Å². The minimum absolute atomic E-state index is 0.0913. The van der Waals surface area contributed by atoms with Crippen LogP contribution in [0.4, 0.5) is 0 Å². The average Bonchev–Trinajstić information content (AvgIpc) is 2.46. The first-order chi connectivity index (χ1) is 9.21. The molecule has 0 aliphatic rings. The van der Waals surface area contributed by atoms with Crippen LogP contribution in [0.5, 0.6) is 0 Å². The lowest BCUT2D eigenvalue weighted by molar-refractivity contribution is 0.314. The number of nitrogens with one attached hydrogen (secondary N) is 1. The van der Waals surface area contributed by atoms with E-state index in [1.54, 1.807) is 0 Å². The number of rotatable bonds is 8. The lowest BCUT2D eigenvalue weighted by atomic mass is 10.00. The van der Waals surface area contributed by atoms with Gasteiger partial charge in [-0.3, -0.25) is 0 Å². The van der Waals surface area contributed by atoms with E-state index in [-0.39, 0.29) is 11.9 Å². The first-order valence-corrected chi connectivity index (χ1v) is 6.98. The summed E-state index contributed by atoms with van der Waals surface area (Å²) in [6.07, 6.45) is 3.88. The van der Waals surface area contributed by atoms with Gasteiger partial charge in [-0.1, -0.05) is 55.8 Å². The monoisotopic (exact) mass is 263 g/mol. The molecule has 4 heteroatoms. The van der Waals surface area contributed by atoms with Crippen LogP contribution in [0.1, 0.15) is 51.1 Å². The van der Waals surface area contributed by atoms with Crippen LogP contribution < -0.4 is 11.1 Å². The molecule has 0 aromatic heterocycles. The molecule has 0 saturated carbocycles. The topological polar surface area (TPSA) is 70.6 Å². The Morgan fingerprint density at radius 1 is 1.32 bits per heavy atom. The number of amidine groups is 1. The van der Waals surface area contributed by atoms with Crippen LogP contribution in [0.25, 0.3) is 0 Å². The number of nitrogens with zero attached hydrogens (tertiary/aromatic N) is 1. The highest BCUT2D eigenvalue weighted by Gasteiger charge is 2.17. The third-order valence-corrected chi connectivity index (χ3v) is 3.31. The van der Waals surface area contributed by atoms with Crippen molar-refractivity contribution in [1.29, 1.82) is 0 Å². The molecule has 4 nitrogen and oxygen atoms in total. The quantitative estimate of drug-likeness (QED) is 0.292. The molecule has 0 bridgehead atoms. The van der Waals surface area contributed by atoms with Crippen molar-refractivity contribution in [2.75, 3.05) is 0 Å². The maximum atomic E-state index is 8.76. The van der Waals surface area contributed by atoms with Crippen molar-refractivity contribution in [2.45, 2.75) is 51.6 Å². The summed E-state index contributed by atoms with van der Waals surface area (Å²) in [6.45, 7) is 4.37. The van der Waals surface area contributed by atoms with Gasteiger partial charge in [0, 0.05) is 18.5 Å². The molecule has 0 saturated heterocycles. The fourth-order valence-electron chi connectivity index (χ4n) is 2.25. The van der Waals surface area contributed by atoms with Gasteiger partial charge in [-0.2, -0.15) is 0 Å². The van der Waals surface area contributed by atoms with Gasteiger partial charge in [0.05, 0.1) is 0 Å². The van der Waals surface area contributed by atoms with Crippen LogP contribution in [0, 0.1) is 0 Å². The van der Waals surface area contributed by atoms with Gasteiger partial charge in [0.25, 0.3) is 0 Å². The standard InChI is InChI=1S/C15H25N3O/c1-3-8-13(4-2)17-14(11-15(16)18-19)12-9-6-5-7-10-12/h5-7,9-10,13-14,17,19H,3-4,8,11H2,1-2H3,(H2,16,18). The predicted molar refractivity (Wildman–Crippen MR) is 79.3 cm³/mol. The van der Waals surface area contributed by atoms with E-state index < -0.39 is 0 Å². The Hall–Kier alpha value is -1.55. The predicted octanol–water partition coefficient (Wildman–Crippen LogP) is 3.03. The smallest absolute Gasteiger partial charge is 0.141 e. The maximum Gasteiger partial charge on any atom is 0.141 e. The molecule has 0 heterocycles. The molecule has 0 radical (unpaired) electrons. The molecule has 106 valence electrons. The van der Waals surface area contributed by atoms with Gasteiger partial charge in [0.15, 0.2) is 0 Å². The number of hydrogen-bond donors (Lipinski definition) is 3. The number of benzene rings is 1. The Kier molecular flexibility index (Phi) is 6.97. The highest BCUT2D eigenvalue weighted by atomic mass is 16.4. The Bertz CT molecular complexity index is 378. The van der Waals surface area contributed by atoms with Gasteiger partial charge in [-0.15, -0.1) is 0 Å². The summed E-state index contributed by atoms with van der Waals surface area (Å²) in [5.74, 6) is 0.257. The van der Waals surface area contributed by atoms with Crippen LogP contribution in [0.3, 0.4) is 0 Å². The fourth-order valence-corrected chi connectivity index (χ4v) is 2.25. The van der Waals surface area contributed by atoms with Gasteiger partial charge < -0.3 is 16.3 Å². The zero-order chi connectivity index (χ0) is 14.1. The highest BCUT2D eigenvalue weighted by Crippen LogP contribution is 2.19. The molecular weight excluding hydrogens is 238 g/mol. The molecule has 1 aromatic carbocycles. The number of oxime groups is 1. The van der Waals surface area contributed by atoms with Gasteiger partial charge in [-0.25, -0.2) is 0 Å². The minimum Gasteiger partial charge on any atom is -0.409 e. The lowest BCUT2D eigenvalue weighted by Gasteiger charge is -2.25. The number of nitrogens with two attached hydrogens (primary N) is 1. The van der Waals surface area contributed by atoms with E-state index in [0.29, 0.717) is 12.5 Å². The van der Waals surface area contributed by atoms with Gasteiger partial charge in [0.1, 0.15) is 5.84 Å². The van der Waals surface area contributed by atoms with Gasteiger partial charge in [0.2, 0.25) is 0 Å². The third-order valence-electron chi connectivity index (χ3n) is 3.31. The van der Waals surface area contributed by atoms with Crippen molar-refractivity contribution in [3.63, 3.8) is 0 Å². The molecule has 0 aliphatic heterocycles. The zero-order valence-electron chi connectivity index (χ0n) is 11.8. The lowest BCUT2D eigenvalue weighted by Crippen LogP contribution is -2.34. The summed E-state index contributed by atoms with van der Waals surface area (Å²) >= 11 is 0. The third kappa shape index (κ3) is 5.30. The largest absolute Gasteiger partial charge is 0.409 e. The molecule has 0 spiro atoms. The second-order valence-electron chi connectivity index (χ2n) is 4.82. The summed E-state index contributed by atoms with van der Waals surface area (Å²) in [7, 11) is 0. The maximum absolute atomic E-state index is 8.76. The van der Waals surface area contributed by atoms with Crippen molar-refractivity contribution in [2.24, 2.45) is 10.9 Å². The second-order valence-corrected chi connectivity index (χ2v) is 4.82. The van der Waals surface area contributed by atoms with Crippen LogP contribution in [-0.4, -0.2) is 17.1 Å². The Morgan fingerprint density at radius 3 is 2.53 bits per heavy atom. The molecule has 0 aliphatic carbocycles. The summed E-state index contributed by atoms with van der Waals surface area (Å²) in [5.41, 5.74) is 6.83. The van der Waals surface area contributed by atoms with Crippen molar-refractivity contribution >= 4 is 5.84 Å². The van der Waals surface area contributed by atoms with Crippen LogP contribution in [0.2, 0.25) is 0 Å². The van der Waals surface area contributed by atoms with Crippen molar-refractivity contribution in [3.05, 3.63) is 35.9 Å². The van der Waals surface area contributed by atoms with Crippen molar-refractivity contribution in [3.8, 4) is 0 Å². The van der Waals surface area contributed by atoms with Crippen molar-refractivity contribution < 1.29 is 5.21 Å². The minimum atomic E-state index is 0.0913. The average molecular weight is 263 g/mol. The zero-order valence-corrected chi connectivity index (χ0v) is 11.8. The molecule has 0 fully saturated rings. The Balaban J connectivity index is 2.80. The summed E-state index contributed by atoms with van der Waals surface area (Å²) in [5, 5.41) is 15.5. The van der Waals surface area contributed by atoms with Gasteiger partial charge in [-0.05, 0) is 18.4 Å². The van der Waals surface area contributed by atoms with E-state index >= 15 is 0 Å². The molecule has 0 amide bonds. The van der Waals surface area contributed by atoms with E-state index in [1.807, 2.05) is 18.2 Å². The Labute approximate surface area is 115 Å². The van der Waals surface area contributed by atoms with Crippen LogP contribution >= 0.6 is 0 Å². The molecule has 2 unspecified atom stereocenters. The molecule has 4 N–H and O–H groups in total. The van der Waals surface area contributed by atoms with E-state index in [1.165, 1.54) is 5.56 Å². The second kappa shape index (κ2) is 8.53. The Morgan fingerprint density at radius 2 is 2.00 bits per heavy atom. The fraction of sp³-hybridized carbons (Fsp3) is 0.533. The molecule has 19 heavy (non-hydrogen) atoms. The van der Waals surface area contributed by atoms with E-state index in [2.05, 4.69) is 36.5 Å². The first-order valence-electron chi connectivity index (χ1n) is 6.98. The number of hydrogen-bond acceptors (Lipinski definition) is 3. The van der Waals surface area contributed by atoms with E-state index in [0.717, 1.165) is 19.3 Å². The normalized spacial score (nSPS) is 15.2. The van der Waals surface area contributed by atoms with Crippen LogP contribution in [0.15, 0.2) is 35.5 Å². The molecule has 2 atom stereocenters. The SMILES string of the molecule is CCCC(CC)NC(CC(N)=NO)c1ccccc1. The molecular formula is C15H25N3O. The first kappa shape index (κ1) is 15.5. The van der Waals surface area contributed by atoms with E-state index in [9.17, 15) is 0 Å². The molecule has 1 rings (SSSR count). The summed E-state index contributed by atoms with van der Waals surface area (Å²) < 4.78 is 0. The summed E-state index contributed by atoms with van der Waals surface area (Å²) in [6, 6.07) is 10.7. The highest BCUT2D eigenvalue weighted by molar-refractivity contribution is 5.80. The van der Waals surface area contributed by atoms with Crippen molar-refractivity contribution in [1.82, 2.24) is 5.32 Å². The van der Waals surface area contributed by atoms with Crippen LogP contribution in [-0.2, 0) is 0 Å². The molecule has 1 aromatic rings. The summed E-state index contributed by atoms with van der Waals surface area (Å²) in [4.78, 5) is 0.